The third kappa shape index (κ3) is 5.62. The molecule has 5 rings (SSSR count). The summed E-state index contributed by atoms with van der Waals surface area (Å²) in [6, 6.07) is 8.79. The molecule has 0 atom stereocenters. The van der Waals surface area contributed by atoms with Crippen molar-refractivity contribution >= 4 is 26.8 Å². The highest BCUT2D eigenvalue weighted by Crippen LogP contribution is 2.39. The maximum absolute atomic E-state index is 6.10. The minimum absolute atomic E-state index is 0. The van der Waals surface area contributed by atoms with E-state index in [4.69, 9.17) is 5.73 Å². The SMILES string of the molecule is C.NC1CCC(NC2CCC(c3cn(CC4CCCCC4)c4ccc(Br)cc34)CC2)CC1. The number of hydrogen-bond acceptors (Lipinski definition) is 2. The van der Waals surface area contributed by atoms with E-state index in [1.54, 1.807) is 5.56 Å². The van der Waals surface area contributed by atoms with Gasteiger partial charge in [0.1, 0.15) is 0 Å². The standard InChI is InChI=1S/C27H40BrN3.CH4/c28-21-8-15-27-25(16-21)26(18-31(27)17-19-4-2-1-3-5-19)20-6-11-23(12-7-20)30-24-13-9-22(29)10-14-24;/h8,15-16,18-20,22-24,30H,1-7,9-14,17,29H2;1H4. The number of halogens is 1. The third-order valence-corrected chi connectivity index (χ3v) is 8.96. The average molecular weight is 503 g/mol. The van der Waals surface area contributed by atoms with Crippen LogP contribution in [-0.4, -0.2) is 22.7 Å². The van der Waals surface area contributed by atoms with Crippen LogP contribution >= 0.6 is 15.9 Å². The van der Waals surface area contributed by atoms with Crippen LogP contribution in [0.2, 0.25) is 0 Å². The van der Waals surface area contributed by atoms with E-state index < -0.39 is 0 Å². The molecule has 3 N–H and O–H groups in total. The Bertz CT molecular complexity index is 853. The topological polar surface area (TPSA) is 43.0 Å². The van der Waals surface area contributed by atoms with E-state index in [1.165, 1.54) is 105 Å². The molecule has 2 aromatic rings. The Labute approximate surface area is 204 Å². The Morgan fingerprint density at radius 2 is 1.53 bits per heavy atom. The highest BCUT2D eigenvalue weighted by molar-refractivity contribution is 9.10. The number of nitrogens with zero attached hydrogens (tertiary/aromatic N) is 1. The van der Waals surface area contributed by atoms with Gasteiger partial charge in [-0.05, 0) is 99.8 Å². The lowest BCUT2D eigenvalue weighted by Crippen LogP contribution is -2.43. The molecule has 0 radical (unpaired) electrons. The highest BCUT2D eigenvalue weighted by Gasteiger charge is 2.28. The molecule has 32 heavy (non-hydrogen) atoms. The smallest absolute Gasteiger partial charge is 0.0484 e. The molecule has 0 amide bonds. The van der Waals surface area contributed by atoms with E-state index >= 15 is 0 Å². The lowest BCUT2D eigenvalue weighted by molar-refractivity contribution is 0.268. The Hall–Kier alpha value is -0.840. The first-order chi connectivity index (χ1) is 15.2. The Balaban J connectivity index is 0.00000245. The van der Waals surface area contributed by atoms with Gasteiger partial charge in [-0.25, -0.2) is 0 Å². The van der Waals surface area contributed by atoms with E-state index in [-0.39, 0.29) is 7.43 Å². The Kier molecular flexibility index (Phi) is 8.39. The molecule has 1 aromatic carbocycles. The monoisotopic (exact) mass is 501 g/mol. The molecule has 3 fully saturated rings. The van der Waals surface area contributed by atoms with Crippen LogP contribution in [0.5, 0.6) is 0 Å². The molecule has 1 aromatic heterocycles. The minimum Gasteiger partial charge on any atom is -0.347 e. The maximum Gasteiger partial charge on any atom is 0.0484 e. The van der Waals surface area contributed by atoms with Crippen molar-refractivity contribution in [3.8, 4) is 0 Å². The molecule has 3 saturated carbocycles. The summed E-state index contributed by atoms with van der Waals surface area (Å²) in [5.74, 6) is 1.58. The molecule has 3 nitrogen and oxygen atoms in total. The van der Waals surface area contributed by atoms with Crippen molar-refractivity contribution in [2.24, 2.45) is 11.7 Å². The highest BCUT2D eigenvalue weighted by atomic mass is 79.9. The summed E-state index contributed by atoms with van der Waals surface area (Å²) in [6.07, 6.45) is 19.8. The lowest BCUT2D eigenvalue weighted by Gasteiger charge is -2.34. The van der Waals surface area contributed by atoms with Gasteiger partial charge in [0.2, 0.25) is 0 Å². The summed E-state index contributed by atoms with van der Waals surface area (Å²) in [6.45, 7) is 1.21. The largest absolute Gasteiger partial charge is 0.347 e. The normalized spacial score (nSPS) is 29.7. The van der Waals surface area contributed by atoms with E-state index in [2.05, 4.69) is 50.2 Å². The van der Waals surface area contributed by atoms with Crippen LogP contribution in [0.4, 0.5) is 0 Å². The number of benzene rings is 1. The molecular formula is C28H44BrN3. The van der Waals surface area contributed by atoms with Gasteiger partial charge in [0, 0.05) is 46.2 Å². The van der Waals surface area contributed by atoms with Gasteiger partial charge in [-0.3, -0.25) is 0 Å². The summed E-state index contributed by atoms with van der Waals surface area (Å²) < 4.78 is 3.81. The number of aromatic nitrogens is 1. The predicted octanol–water partition coefficient (Wildman–Crippen LogP) is 7.51. The first kappa shape index (κ1) is 24.3. The van der Waals surface area contributed by atoms with Gasteiger partial charge >= 0.3 is 0 Å². The summed E-state index contributed by atoms with van der Waals surface area (Å²) in [4.78, 5) is 0. The second-order valence-electron chi connectivity index (χ2n) is 10.7. The Morgan fingerprint density at radius 3 is 2.22 bits per heavy atom. The van der Waals surface area contributed by atoms with Crippen molar-refractivity contribution in [3.63, 3.8) is 0 Å². The molecular weight excluding hydrogens is 458 g/mol. The van der Waals surface area contributed by atoms with Crippen LogP contribution in [0, 0.1) is 5.92 Å². The fourth-order valence-electron chi connectivity index (χ4n) is 6.61. The van der Waals surface area contributed by atoms with Crippen molar-refractivity contribution in [1.29, 1.82) is 0 Å². The quantitative estimate of drug-likeness (QED) is 0.444. The summed E-state index contributed by atoms with van der Waals surface area (Å²) in [5, 5.41) is 5.48. The fraction of sp³-hybridized carbons (Fsp3) is 0.714. The molecule has 4 heteroatoms. The van der Waals surface area contributed by atoms with Gasteiger partial charge in [0.05, 0.1) is 0 Å². The van der Waals surface area contributed by atoms with E-state index in [0.29, 0.717) is 24.0 Å². The second-order valence-corrected chi connectivity index (χ2v) is 11.6. The summed E-state index contributed by atoms with van der Waals surface area (Å²) >= 11 is 3.74. The molecule has 0 saturated heterocycles. The fourth-order valence-corrected chi connectivity index (χ4v) is 6.97. The number of nitrogens with two attached hydrogens (primary N) is 1. The molecule has 0 spiro atoms. The average Bonchev–Trinajstić information content (AvgIpc) is 3.14. The molecule has 0 bridgehead atoms. The number of nitrogens with one attached hydrogen (secondary N) is 1. The maximum atomic E-state index is 6.10. The van der Waals surface area contributed by atoms with E-state index in [1.807, 2.05) is 0 Å². The first-order valence-corrected chi connectivity index (χ1v) is 13.7. The van der Waals surface area contributed by atoms with Crippen LogP contribution in [0.15, 0.2) is 28.9 Å². The molecule has 0 unspecified atom stereocenters. The Morgan fingerprint density at radius 1 is 0.875 bits per heavy atom. The zero-order valence-electron chi connectivity index (χ0n) is 19.0. The number of hydrogen-bond donors (Lipinski definition) is 2. The van der Waals surface area contributed by atoms with Crippen molar-refractivity contribution in [3.05, 3.63) is 34.4 Å². The summed E-state index contributed by atoms with van der Waals surface area (Å²) in [5.41, 5.74) is 9.15. The molecule has 3 aliphatic rings. The molecule has 3 aliphatic carbocycles. The second kappa shape index (κ2) is 11.1. The van der Waals surface area contributed by atoms with Crippen molar-refractivity contribution in [2.45, 2.75) is 121 Å². The van der Waals surface area contributed by atoms with Crippen molar-refractivity contribution in [1.82, 2.24) is 9.88 Å². The number of rotatable bonds is 5. The van der Waals surface area contributed by atoms with Gasteiger partial charge in [0.25, 0.3) is 0 Å². The molecule has 0 aliphatic heterocycles. The van der Waals surface area contributed by atoms with Gasteiger partial charge in [-0.2, -0.15) is 0 Å². The van der Waals surface area contributed by atoms with E-state index in [0.717, 1.165) is 5.92 Å². The van der Waals surface area contributed by atoms with Gasteiger partial charge in [-0.1, -0.05) is 42.6 Å². The molecule has 1 heterocycles. The molecule has 178 valence electrons. The lowest BCUT2D eigenvalue weighted by atomic mass is 9.81. The van der Waals surface area contributed by atoms with E-state index in [9.17, 15) is 0 Å². The van der Waals surface area contributed by atoms with Gasteiger partial charge < -0.3 is 15.6 Å². The van der Waals surface area contributed by atoms with Crippen molar-refractivity contribution < 1.29 is 0 Å². The van der Waals surface area contributed by atoms with Gasteiger partial charge in [0.15, 0.2) is 0 Å². The number of fused-ring (bicyclic) bond motifs is 1. The van der Waals surface area contributed by atoms with Gasteiger partial charge in [-0.15, -0.1) is 0 Å². The summed E-state index contributed by atoms with van der Waals surface area (Å²) in [7, 11) is 0. The van der Waals surface area contributed by atoms with Crippen LogP contribution in [0.25, 0.3) is 10.9 Å². The van der Waals surface area contributed by atoms with Crippen LogP contribution in [-0.2, 0) is 6.54 Å². The first-order valence-electron chi connectivity index (χ1n) is 13.0. The van der Waals surface area contributed by atoms with Crippen molar-refractivity contribution in [2.75, 3.05) is 0 Å². The zero-order valence-corrected chi connectivity index (χ0v) is 20.6. The third-order valence-electron chi connectivity index (χ3n) is 8.46. The zero-order chi connectivity index (χ0) is 21.2. The predicted molar refractivity (Wildman–Crippen MR) is 141 cm³/mol. The minimum atomic E-state index is 0. The van der Waals surface area contributed by atoms with Crippen LogP contribution < -0.4 is 11.1 Å². The van der Waals surface area contributed by atoms with Crippen LogP contribution in [0.3, 0.4) is 0 Å². The van der Waals surface area contributed by atoms with Crippen LogP contribution in [0.1, 0.15) is 102 Å².